The Labute approximate surface area is 137 Å². The molecule has 0 aromatic heterocycles. The number of hydrogen-bond donors (Lipinski definition) is 2. The summed E-state index contributed by atoms with van der Waals surface area (Å²) in [5, 5.41) is 2.99. The molecule has 0 heterocycles. The number of amides is 1. The van der Waals surface area contributed by atoms with Gasteiger partial charge in [0, 0.05) is 6.54 Å². The topological polar surface area (TPSA) is 64.3 Å². The molecule has 2 rings (SSSR count). The molecule has 0 aliphatic heterocycles. The van der Waals surface area contributed by atoms with E-state index in [-0.39, 0.29) is 5.75 Å². The van der Waals surface area contributed by atoms with Crippen LogP contribution in [-0.4, -0.2) is 18.3 Å². The van der Waals surface area contributed by atoms with Gasteiger partial charge in [-0.25, -0.2) is 0 Å². The number of halogens is 3. The molecule has 0 spiro atoms. The lowest BCUT2D eigenvalue weighted by Gasteiger charge is -2.11. The Kier molecular flexibility index (Phi) is 5.46. The van der Waals surface area contributed by atoms with Crippen molar-refractivity contribution in [3.05, 3.63) is 54.1 Å². The van der Waals surface area contributed by atoms with Gasteiger partial charge in [-0.15, -0.1) is 13.2 Å². The molecule has 0 saturated carbocycles. The fraction of sp³-hybridized carbons (Fsp3) is 0.235. The molecule has 128 valence electrons. The summed E-state index contributed by atoms with van der Waals surface area (Å²) >= 11 is 0. The van der Waals surface area contributed by atoms with E-state index in [0.29, 0.717) is 6.54 Å². The highest BCUT2D eigenvalue weighted by Crippen LogP contribution is 2.26. The molecular weight excluding hydrogens is 321 g/mol. The largest absolute Gasteiger partial charge is 0.573 e. The maximum atomic E-state index is 12.1. The van der Waals surface area contributed by atoms with E-state index in [1.807, 2.05) is 24.3 Å². The minimum atomic E-state index is -4.70. The number of nitrogens with two attached hydrogens (primary N) is 1. The molecule has 1 unspecified atom stereocenters. The minimum absolute atomic E-state index is 0.257. The smallest absolute Gasteiger partial charge is 0.406 e. The summed E-state index contributed by atoms with van der Waals surface area (Å²) in [4.78, 5) is 11.0. The van der Waals surface area contributed by atoms with Gasteiger partial charge < -0.3 is 15.8 Å². The van der Waals surface area contributed by atoms with E-state index in [1.165, 1.54) is 12.1 Å². The van der Waals surface area contributed by atoms with Gasteiger partial charge in [0.25, 0.3) is 0 Å². The standard InChI is InChI=1S/C17H17F3N2O2/c1-11(16(21)23)22-10-12-2-4-13(5-3-12)14-6-8-15(9-7-14)24-17(18,19)20/h2-9,11,22H,10H2,1H3,(H2,21,23). The third-order valence-electron chi connectivity index (χ3n) is 3.41. The van der Waals surface area contributed by atoms with E-state index in [4.69, 9.17) is 5.73 Å². The first-order chi connectivity index (χ1) is 11.2. The Morgan fingerprint density at radius 3 is 2.04 bits per heavy atom. The Morgan fingerprint density at radius 2 is 1.58 bits per heavy atom. The van der Waals surface area contributed by atoms with E-state index in [0.717, 1.165) is 16.7 Å². The van der Waals surface area contributed by atoms with Crippen molar-refractivity contribution in [2.75, 3.05) is 0 Å². The lowest BCUT2D eigenvalue weighted by Crippen LogP contribution is -2.38. The maximum absolute atomic E-state index is 12.1. The second-order valence-corrected chi connectivity index (χ2v) is 5.27. The van der Waals surface area contributed by atoms with Gasteiger partial charge in [0.2, 0.25) is 5.91 Å². The minimum Gasteiger partial charge on any atom is -0.406 e. The summed E-state index contributed by atoms with van der Waals surface area (Å²) in [7, 11) is 0. The summed E-state index contributed by atoms with van der Waals surface area (Å²) in [5.74, 6) is -0.680. The number of hydrogen-bond acceptors (Lipinski definition) is 3. The highest BCUT2D eigenvalue weighted by molar-refractivity contribution is 5.79. The highest BCUT2D eigenvalue weighted by atomic mass is 19.4. The zero-order chi connectivity index (χ0) is 17.7. The Hall–Kier alpha value is -2.54. The molecule has 2 aromatic rings. The first-order valence-electron chi connectivity index (χ1n) is 7.22. The summed E-state index contributed by atoms with van der Waals surface area (Å²) in [5.41, 5.74) is 7.76. The van der Waals surface area contributed by atoms with Gasteiger partial charge in [0.15, 0.2) is 0 Å². The van der Waals surface area contributed by atoms with Crippen molar-refractivity contribution >= 4 is 5.91 Å². The average Bonchev–Trinajstić information content (AvgIpc) is 2.52. The molecule has 0 aliphatic carbocycles. The monoisotopic (exact) mass is 338 g/mol. The summed E-state index contributed by atoms with van der Waals surface area (Å²) in [6.07, 6.45) is -4.70. The van der Waals surface area contributed by atoms with E-state index in [9.17, 15) is 18.0 Å². The van der Waals surface area contributed by atoms with Crippen LogP contribution in [0, 0.1) is 0 Å². The predicted molar refractivity (Wildman–Crippen MR) is 84.1 cm³/mol. The first-order valence-corrected chi connectivity index (χ1v) is 7.22. The number of primary amides is 1. The Balaban J connectivity index is 2.01. The van der Waals surface area contributed by atoms with Gasteiger partial charge in [0.1, 0.15) is 5.75 Å². The van der Waals surface area contributed by atoms with Crippen LogP contribution in [0.25, 0.3) is 11.1 Å². The fourth-order valence-corrected chi connectivity index (χ4v) is 2.04. The molecule has 3 N–H and O–H groups in total. The SMILES string of the molecule is CC(NCc1ccc(-c2ccc(OC(F)(F)F)cc2)cc1)C(N)=O. The van der Waals surface area contributed by atoms with E-state index >= 15 is 0 Å². The zero-order valence-electron chi connectivity index (χ0n) is 12.9. The van der Waals surface area contributed by atoms with E-state index in [1.54, 1.807) is 19.1 Å². The molecule has 0 fully saturated rings. The van der Waals surface area contributed by atoms with Crippen LogP contribution in [0.4, 0.5) is 13.2 Å². The molecule has 24 heavy (non-hydrogen) atoms. The molecule has 2 aromatic carbocycles. The summed E-state index contributed by atoms with van der Waals surface area (Å²) in [6.45, 7) is 2.17. The normalized spacial score (nSPS) is 12.7. The van der Waals surface area contributed by atoms with Crippen molar-refractivity contribution in [2.45, 2.75) is 25.9 Å². The van der Waals surface area contributed by atoms with Crippen LogP contribution < -0.4 is 15.8 Å². The Morgan fingerprint density at radius 1 is 1.08 bits per heavy atom. The van der Waals surface area contributed by atoms with Crippen LogP contribution in [-0.2, 0) is 11.3 Å². The second kappa shape index (κ2) is 7.35. The molecule has 4 nitrogen and oxygen atoms in total. The van der Waals surface area contributed by atoms with Crippen LogP contribution >= 0.6 is 0 Å². The number of carbonyl (C=O) groups is 1. The predicted octanol–water partition coefficient (Wildman–Crippen LogP) is 3.22. The average molecular weight is 338 g/mol. The number of rotatable bonds is 6. The highest BCUT2D eigenvalue weighted by Gasteiger charge is 2.30. The molecule has 0 bridgehead atoms. The molecule has 1 amide bonds. The van der Waals surface area contributed by atoms with Crippen molar-refractivity contribution in [1.29, 1.82) is 0 Å². The quantitative estimate of drug-likeness (QED) is 0.850. The van der Waals surface area contributed by atoms with Crippen molar-refractivity contribution in [3.63, 3.8) is 0 Å². The second-order valence-electron chi connectivity index (χ2n) is 5.27. The number of benzene rings is 2. The van der Waals surface area contributed by atoms with Gasteiger partial charge in [-0.05, 0) is 35.7 Å². The molecule has 1 atom stereocenters. The van der Waals surface area contributed by atoms with E-state index in [2.05, 4.69) is 10.1 Å². The van der Waals surface area contributed by atoms with Crippen LogP contribution in [0.5, 0.6) is 5.75 Å². The van der Waals surface area contributed by atoms with E-state index < -0.39 is 18.3 Å². The lowest BCUT2D eigenvalue weighted by molar-refractivity contribution is -0.274. The van der Waals surface area contributed by atoms with Crippen molar-refractivity contribution in [1.82, 2.24) is 5.32 Å². The molecular formula is C17H17F3N2O2. The van der Waals surface area contributed by atoms with Crippen LogP contribution in [0.2, 0.25) is 0 Å². The fourth-order valence-electron chi connectivity index (χ4n) is 2.04. The van der Waals surface area contributed by atoms with Crippen LogP contribution in [0.1, 0.15) is 12.5 Å². The molecule has 7 heteroatoms. The first kappa shape index (κ1) is 17.8. The van der Waals surface area contributed by atoms with Crippen molar-refractivity contribution in [3.8, 4) is 16.9 Å². The number of ether oxygens (including phenoxy) is 1. The maximum Gasteiger partial charge on any atom is 0.573 e. The molecule has 0 aliphatic rings. The van der Waals surface area contributed by atoms with Crippen LogP contribution in [0.3, 0.4) is 0 Å². The van der Waals surface area contributed by atoms with Crippen molar-refractivity contribution in [2.24, 2.45) is 5.73 Å². The summed E-state index contributed by atoms with van der Waals surface area (Å²) in [6, 6.07) is 12.7. The molecule has 0 radical (unpaired) electrons. The van der Waals surface area contributed by atoms with Gasteiger partial charge in [0.05, 0.1) is 6.04 Å². The third kappa shape index (κ3) is 5.27. The van der Waals surface area contributed by atoms with Gasteiger partial charge >= 0.3 is 6.36 Å². The third-order valence-corrected chi connectivity index (χ3v) is 3.41. The summed E-state index contributed by atoms with van der Waals surface area (Å²) < 4.78 is 40.2. The van der Waals surface area contributed by atoms with Gasteiger partial charge in [-0.3, -0.25) is 4.79 Å². The van der Waals surface area contributed by atoms with Crippen molar-refractivity contribution < 1.29 is 22.7 Å². The zero-order valence-corrected chi connectivity index (χ0v) is 12.9. The Bertz CT molecular complexity index is 682. The number of carbonyl (C=O) groups excluding carboxylic acids is 1. The lowest BCUT2D eigenvalue weighted by atomic mass is 10.0. The molecule has 0 saturated heterocycles. The van der Waals surface area contributed by atoms with Crippen LogP contribution in [0.15, 0.2) is 48.5 Å². The van der Waals surface area contributed by atoms with Gasteiger partial charge in [-0.1, -0.05) is 36.4 Å². The number of alkyl halides is 3. The van der Waals surface area contributed by atoms with Gasteiger partial charge in [-0.2, -0.15) is 0 Å². The number of nitrogens with one attached hydrogen (secondary N) is 1.